The summed E-state index contributed by atoms with van der Waals surface area (Å²) in [7, 11) is 0. The zero-order valence-corrected chi connectivity index (χ0v) is 14.2. The van der Waals surface area contributed by atoms with Gasteiger partial charge in [-0.05, 0) is 31.2 Å². The minimum absolute atomic E-state index is 0.00748. The Morgan fingerprint density at radius 1 is 1.38 bits per heavy atom. The molecule has 1 aromatic carbocycles. The molecule has 2 amide bonds. The van der Waals surface area contributed by atoms with Crippen LogP contribution in [0.5, 0.6) is 0 Å². The van der Waals surface area contributed by atoms with Crippen molar-refractivity contribution in [2.75, 3.05) is 11.4 Å². The average Bonchev–Trinajstić information content (AvgIpc) is 3.12. The largest absolute Gasteiger partial charge is 0.351 e. The van der Waals surface area contributed by atoms with Crippen molar-refractivity contribution in [2.24, 2.45) is 0 Å². The van der Waals surface area contributed by atoms with Crippen LogP contribution in [0.3, 0.4) is 0 Å². The van der Waals surface area contributed by atoms with Crippen molar-refractivity contribution in [3.05, 3.63) is 47.5 Å². The highest BCUT2D eigenvalue weighted by Crippen LogP contribution is 2.23. The number of amides is 2. The molecule has 1 unspecified atom stereocenters. The summed E-state index contributed by atoms with van der Waals surface area (Å²) in [4.78, 5) is 30.1. The Hall–Kier alpha value is -2.34. The minimum Gasteiger partial charge on any atom is -0.351 e. The maximum absolute atomic E-state index is 12.2. The number of nitrogens with zero attached hydrogens (tertiary/aromatic N) is 3. The quantitative estimate of drug-likeness (QED) is 0.902. The minimum atomic E-state index is -0.162. The number of carbonyl (C=O) groups excluding carboxylic acids is 2. The van der Waals surface area contributed by atoms with Gasteiger partial charge >= 0.3 is 0 Å². The van der Waals surface area contributed by atoms with E-state index in [0.29, 0.717) is 31.0 Å². The van der Waals surface area contributed by atoms with E-state index in [1.165, 1.54) is 0 Å². The fraction of sp³-hybridized carbons (Fsp3) is 0.353. The zero-order valence-electron chi connectivity index (χ0n) is 13.4. The maximum Gasteiger partial charge on any atom is 0.229 e. The Labute approximate surface area is 145 Å². The third-order valence-electron chi connectivity index (χ3n) is 4.13. The second-order valence-corrected chi connectivity index (χ2v) is 6.30. The molecule has 1 atom stereocenters. The van der Waals surface area contributed by atoms with Crippen LogP contribution in [0.25, 0.3) is 0 Å². The number of hydrogen-bond donors (Lipinski definition) is 1. The van der Waals surface area contributed by atoms with Gasteiger partial charge in [0.2, 0.25) is 11.8 Å². The molecule has 126 valence electrons. The Morgan fingerprint density at radius 3 is 2.79 bits per heavy atom. The number of nitrogens with one attached hydrogen (secondary N) is 1. The number of imidazole rings is 1. The highest BCUT2D eigenvalue weighted by molar-refractivity contribution is 6.30. The van der Waals surface area contributed by atoms with Gasteiger partial charge in [-0.1, -0.05) is 11.6 Å². The molecule has 7 heteroatoms. The van der Waals surface area contributed by atoms with Gasteiger partial charge in [-0.25, -0.2) is 4.98 Å². The second kappa shape index (κ2) is 7.05. The monoisotopic (exact) mass is 346 g/mol. The summed E-state index contributed by atoms with van der Waals surface area (Å²) in [5.41, 5.74) is 0.801. The summed E-state index contributed by atoms with van der Waals surface area (Å²) < 4.78 is 1.93. The van der Waals surface area contributed by atoms with Gasteiger partial charge in [-0.2, -0.15) is 0 Å². The van der Waals surface area contributed by atoms with E-state index in [0.717, 1.165) is 11.5 Å². The number of benzene rings is 1. The summed E-state index contributed by atoms with van der Waals surface area (Å²) in [6.07, 6.45) is 4.25. The van der Waals surface area contributed by atoms with Crippen molar-refractivity contribution < 1.29 is 9.59 Å². The molecule has 0 aliphatic carbocycles. The first-order chi connectivity index (χ1) is 11.5. The van der Waals surface area contributed by atoms with Crippen LogP contribution < -0.4 is 10.2 Å². The molecule has 1 aliphatic heterocycles. The highest BCUT2D eigenvalue weighted by Gasteiger charge is 2.31. The Morgan fingerprint density at radius 2 is 2.12 bits per heavy atom. The van der Waals surface area contributed by atoms with Crippen molar-refractivity contribution in [3.63, 3.8) is 0 Å². The molecular weight excluding hydrogens is 328 g/mol. The van der Waals surface area contributed by atoms with Crippen molar-refractivity contribution in [1.82, 2.24) is 14.9 Å². The smallest absolute Gasteiger partial charge is 0.229 e. The third-order valence-corrected chi connectivity index (χ3v) is 4.38. The normalized spacial score (nSPS) is 17.3. The fourth-order valence-corrected chi connectivity index (χ4v) is 2.96. The molecule has 1 fully saturated rings. The van der Waals surface area contributed by atoms with E-state index in [1.807, 2.05) is 29.8 Å². The highest BCUT2D eigenvalue weighted by atomic mass is 35.5. The molecule has 1 saturated heterocycles. The molecule has 1 aromatic heterocycles. The molecule has 3 rings (SSSR count). The molecule has 0 radical (unpaired) electrons. The summed E-state index contributed by atoms with van der Waals surface area (Å²) in [6, 6.07) is 6.97. The average molecular weight is 347 g/mol. The predicted octanol–water partition coefficient (Wildman–Crippen LogP) is 2.16. The molecular formula is C17H19ClN4O2. The standard InChI is InChI=1S/C17H19ClN4O2/c1-12-19-7-9-21(12)8-6-16(23)20-14-10-17(24)22(11-14)15-4-2-13(18)3-5-15/h2-5,7,9,14H,6,8,10-11H2,1H3,(H,20,23). The molecule has 2 heterocycles. The van der Waals surface area contributed by atoms with Crippen molar-refractivity contribution in [3.8, 4) is 0 Å². The molecule has 1 N–H and O–H groups in total. The van der Waals surface area contributed by atoms with Crippen LogP contribution in [0, 0.1) is 6.92 Å². The van der Waals surface area contributed by atoms with Gasteiger partial charge in [0, 0.05) is 49.0 Å². The van der Waals surface area contributed by atoms with E-state index in [2.05, 4.69) is 10.3 Å². The topological polar surface area (TPSA) is 67.2 Å². The van der Waals surface area contributed by atoms with E-state index in [-0.39, 0.29) is 17.9 Å². The zero-order chi connectivity index (χ0) is 17.1. The number of aromatic nitrogens is 2. The van der Waals surface area contributed by atoms with Gasteiger partial charge in [0.25, 0.3) is 0 Å². The lowest BCUT2D eigenvalue weighted by Crippen LogP contribution is -2.37. The fourth-order valence-electron chi connectivity index (χ4n) is 2.84. The van der Waals surface area contributed by atoms with Gasteiger partial charge in [0.15, 0.2) is 0 Å². The van der Waals surface area contributed by atoms with Gasteiger partial charge < -0.3 is 14.8 Å². The lowest BCUT2D eigenvalue weighted by Gasteiger charge is -2.17. The molecule has 0 spiro atoms. The first kappa shape index (κ1) is 16.5. The van der Waals surface area contributed by atoms with Crippen LogP contribution in [0.15, 0.2) is 36.7 Å². The summed E-state index contributed by atoms with van der Waals surface area (Å²) in [5.74, 6) is 0.833. The maximum atomic E-state index is 12.2. The van der Waals surface area contributed by atoms with Crippen molar-refractivity contribution in [1.29, 1.82) is 0 Å². The van der Waals surface area contributed by atoms with Crippen LogP contribution in [0.2, 0.25) is 5.02 Å². The number of hydrogen-bond acceptors (Lipinski definition) is 3. The van der Waals surface area contributed by atoms with E-state index in [1.54, 1.807) is 23.2 Å². The van der Waals surface area contributed by atoms with Gasteiger partial charge in [-0.3, -0.25) is 9.59 Å². The number of anilines is 1. The van der Waals surface area contributed by atoms with Gasteiger partial charge in [-0.15, -0.1) is 0 Å². The predicted molar refractivity (Wildman–Crippen MR) is 91.9 cm³/mol. The molecule has 0 saturated carbocycles. The lowest BCUT2D eigenvalue weighted by atomic mass is 10.2. The van der Waals surface area contributed by atoms with Crippen molar-refractivity contribution >= 4 is 29.1 Å². The first-order valence-electron chi connectivity index (χ1n) is 7.86. The van der Waals surface area contributed by atoms with Crippen molar-refractivity contribution in [2.45, 2.75) is 32.4 Å². The van der Waals surface area contributed by atoms with Crippen LogP contribution in [0.1, 0.15) is 18.7 Å². The molecule has 0 bridgehead atoms. The van der Waals surface area contributed by atoms with Gasteiger partial charge in [0.05, 0.1) is 6.04 Å². The molecule has 6 nitrogen and oxygen atoms in total. The Kier molecular flexibility index (Phi) is 4.85. The number of carbonyl (C=O) groups is 2. The van der Waals surface area contributed by atoms with Crippen LogP contribution in [-0.2, 0) is 16.1 Å². The van der Waals surface area contributed by atoms with Crippen LogP contribution >= 0.6 is 11.6 Å². The number of aryl methyl sites for hydroxylation is 2. The van der Waals surface area contributed by atoms with E-state index >= 15 is 0 Å². The number of rotatable bonds is 5. The van der Waals surface area contributed by atoms with Crippen LogP contribution in [0.4, 0.5) is 5.69 Å². The SMILES string of the molecule is Cc1nccn1CCC(=O)NC1CC(=O)N(c2ccc(Cl)cc2)C1. The van der Waals surface area contributed by atoms with E-state index in [4.69, 9.17) is 11.6 Å². The van der Waals surface area contributed by atoms with E-state index in [9.17, 15) is 9.59 Å². The molecule has 2 aromatic rings. The summed E-state index contributed by atoms with van der Waals surface area (Å²) in [6.45, 7) is 2.97. The van der Waals surface area contributed by atoms with E-state index < -0.39 is 0 Å². The Bertz CT molecular complexity index is 741. The third kappa shape index (κ3) is 3.76. The number of halogens is 1. The Balaban J connectivity index is 1.53. The van der Waals surface area contributed by atoms with Crippen LogP contribution in [-0.4, -0.2) is 34.0 Å². The molecule has 24 heavy (non-hydrogen) atoms. The molecule has 1 aliphatic rings. The summed E-state index contributed by atoms with van der Waals surface area (Å²) >= 11 is 5.87. The summed E-state index contributed by atoms with van der Waals surface area (Å²) in [5, 5.41) is 3.57. The lowest BCUT2D eigenvalue weighted by molar-refractivity contribution is -0.122. The first-order valence-corrected chi connectivity index (χ1v) is 8.24. The van der Waals surface area contributed by atoms with Gasteiger partial charge in [0.1, 0.15) is 5.82 Å². The second-order valence-electron chi connectivity index (χ2n) is 5.87.